The average molecular weight is 283 g/mol. The minimum atomic E-state index is 0.139. The van der Waals surface area contributed by atoms with Crippen LogP contribution in [0.1, 0.15) is 31.5 Å². The minimum Gasteiger partial charge on any atom is -0.501 e. The Kier molecular flexibility index (Phi) is 4.36. The van der Waals surface area contributed by atoms with Gasteiger partial charge in [0.25, 0.3) is 0 Å². The Morgan fingerprint density at radius 2 is 2.14 bits per heavy atom. The minimum absolute atomic E-state index is 0.139. The maximum atomic E-state index is 5.49. The van der Waals surface area contributed by atoms with Crippen molar-refractivity contribution >= 4 is 0 Å². The van der Waals surface area contributed by atoms with E-state index in [2.05, 4.69) is 30.4 Å². The zero-order valence-electron chi connectivity index (χ0n) is 12.3. The fraction of sp³-hybridized carbons (Fsp3) is 0.353. The van der Waals surface area contributed by atoms with Gasteiger partial charge in [-0.15, -0.1) is 0 Å². The van der Waals surface area contributed by atoms with Gasteiger partial charge in [0.2, 0.25) is 0 Å². The number of nitrogens with zero attached hydrogens (tertiary/aromatic N) is 2. The first-order chi connectivity index (χ1) is 10.4. The second-order valence-electron chi connectivity index (χ2n) is 5.18. The zero-order valence-corrected chi connectivity index (χ0v) is 12.3. The lowest BCUT2D eigenvalue weighted by Gasteiger charge is -2.22. The third-order valence-corrected chi connectivity index (χ3v) is 3.67. The van der Waals surface area contributed by atoms with Crippen LogP contribution in [0.5, 0.6) is 0 Å². The Hall–Kier alpha value is -2.07. The molecule has 1 N–H and O–H groups in total. The molecule has 1 atom stereocenters. The van der Waals surface area contributed by atoms with Crippen LogP contribution in [0.3, 0.4) is 0 Å². The van der Waals surface area contributed by atoms with E-state index in [1.165, 1.54) is 5.57 Å². The molecule has 21 heavy (non-hydrogen) atoms. The second-order valence-corrected chi connectivity index (χ2v) is 5.18. The molecule has 4 nitrogen and oxygen atoms in total. The van der Waals surface area contributed by atoms with Crippen molar-refractivity contribution in [1.82, 2.24) is 15.1 Å². The SMILES string of the molecule is CCNC(C1=COCCC1)c1ccn(-c2ccccc2)n1. The topological polar surface area (TPSA) is 39.1 Å². The largest absolute Gasteiger partial charge is 0.501 e. The number of benzene rings is 1. The molecule has 1 aliphatic rings. The van der Waals surface area contributed by atoms with Crippen molar-refractivity contribution in [3.8, 4) is 5.69 Å². The fourth-order valence-electron chi connectivity index (χ4n) is 2.64. The van der Waals surface area contributed by atoms with Gasteiger partial charge in [0.15, 0.2) is 0 Å². The van der Waals surface area contributed by atoms with E-state index in [-0.39, 0.29) is 6.04 Å². The molecule has 0 aliphatic carbocycles. The molecule has 1 aromatic carbocycles. The molecule has 0 saturated carbocycles. The lowest BCUT2D eigenvalue weighted by molar-refractivity contribution is 0.219. The molecule has 0 radical (unpaired) electrons. The van der Waals surface area contributed by atoms with Gasteiger partial charge in [-0.05, 0) is 43.2 Å². The number of hydrogen-bond acceptors (Lipinski definition) is 3. The van der Waals surface area contributed by atoms with Crippen LogP contribution in [-0.2, 0) is 4.74 Å². The van der Waals surface area contributed by atoms with Crippen molar-refractivity contribution in [2.24, 2.45) is 0 Å². The number of ether oxygens (including phenoxy) is 1. The molecule has 0 amide bonds. The first-order valence-electron chi connectivity index (χ1n) is 7.53. The molecule has 0 spiro atoms. The van der Waals surface area contributed by atoms with E-state index < -0.39 is 0 Å². The molecule has 3 rings (SSSR count). The average Bonchev–Trinajstić information content (AvgIpc) is 3.04. The summed E-state index contributed by atoms with van der Waals surface area (Å²) in [6, 6.07) is 12.4. The van der Waals surface area contributed by atoms with Gasteiger partial charge in [-0.2, -0.15) is 5.10 Å². The van der Waals surface area contributed by atoms with E-state index in [9.17, 15) is 0 Å². The summed E-state index contributed by atoms with van der Waals surface area (Å²) in [4.78, 5) is 0. The Morgan fingerprint density at radius 1 is 1.29 bits per heavy atom. The standard InChI is InChI=1S/C17H21N3O/c1-2-18-17(14-7-6-12-21-13-14)16-10-11-20(19-16)15-8-4-3-5-9-15/h3-5,8-11,13,17-18H,2,6-7,12H2,1H3. The third kappa shape index (κ3) is 3.16. The number of hydrogen-bond donors (Lipinski definition) is 1. The molecule has 2 aromatic rings. The van der Waals surface area contributed by atoms with Crippen LogP contribution >= 0.6 is 0 Å². The third-order valence-electron chi connectivity index (χ3n) is 3.67. The maximum absolute atomic E-state index is 5.49. The molecule has 1 unspecified atom stereocenters. The first-order valence-corrected chi connectivity index (χ1v) is 7.53. The lowest BCUT2D eigenvalue weighted by Crippen LogP contribution is -2.25. The summed E-state index contributed by atoms with van der Waals surface area (Å²) < 4.78 is 7.41. The smallest absolute Gasteiger partial charge is 0.0876 e. The van der Waals surface area contributed by atoms with Gasteiger partial charge in [-0.1, -0.05) is 25.1 Å². The van der Waals surface area contributed by atoms with E-state index in [4.69, 9.17) is 9.84 Å². The van der Waals surface area contributed by atoms with Gasteiger partial charge in [-0.3, -0.25) is 0 Å². The lowest BCUT2D eigenvalue weighted by atomic mass is 9.99. The van der Waals surface area contributed by atoms with E-state index >= 15 is 0 Å². The van der Waals surface area contributed by atoms with Crippen LogP contribution in [0.25, 0.3) is 5.69 Å². The number of aromatic nitrogens is 2. The van der Waals surface area contributed by atoms with E-state index in [0.29, 0.717) is 0 Å². The fourth-order valence-corrected chi connectivity index (χ4v) is 2.64. The monoisotopic (exact) mass is 283 g/mol. The zero-order chi connectivity index (χ0) is 14.5. The van der Waals surface area contributed by atoms with Crippen molar-refractivity contribution in [1.29, 1.82) is 0 Å². The highest BCUT2D eigenvalue weighted by Gasteiger charge is 2.20. The van der Waals surface area contributed by atoms with Crippen LogP contribution < -0.4 is 5.32 Å². The molecular formula is C17H21N3O. The molecule has 2 heterocycles. The highest BCUT2D eigenvalue weighted by atomic mass is 16.5. The van der Waals surface area contributed by atoms with Crippen molar-refractivity contribution in [3.05, 3.63) is 60.1 Å². The summed E-state index contributed by atoms with van der Waals surface area (Å²) in [5.74, 6) is 0. The van der Waals surface area contributed by atoms with Crippen LogP contribution in [0, 0.1) is 0 Å². The maximum Gasteiger partial charge on any atom is 0.0876 e. The van der Waals surface area contributed by atoms with Crippen molar-refractivity contribution in [2.45, 2.75) is 25.8 Å². The van der Waals surface area contributed by atoms with Gasteiger partial charge in [-0.25, -0.2) is 4.68 Å². The first kappa shape index (κ1) is 13.9. The van der Waals surface area contributed by atoms with Gasteiger partial charge in [0.05, 0.1) is 30.3 Å². The van der Waals surface area contributed by atoms with E-state index in [1.807, 2.05) is 35.3 Å². The van der Waals surface area contributed by atoms with Gasteiger partial charge >= 0.3 is 0 Å². The Labute approximate surface area is 125 Å². The molecule has 0 bridgehead atoms. The van der Waals surface area contributed by atoms with Gasteiger partial charge < -0.3 is 10.1 Å². The van der Waals surface area contributed by atoms with Crippen molar-refractivity contribution < 1.29 is 4.74 Å². The second kappa shape index (κ2) is 6.59. The highest BCUT2D eigenvalue weighted by molar-refractivity contribution is 5.31. The van der Waals surface area contributed by atoms with Crippen LogP contribution in [0.4, 0.5) is 0 Å². The number of rotatable bonds is 5. The normalized spacial score (nSPS) is 16.1. The van der Waals surface area contributed by atoms with Crippen LogP contribution in [0.2, 0.25) is 0 Å². The predicted octanol–water partition coefficient (Wildman–Crippen LogP) is 3.22. The molecule has 0 fully saturated rings. The summed E-state index contributed by atoms with van der Waals surface area (Å²) in [5, 5.41) is 8.24. The Balaban J connectivity index is 1.87. The molecule has 1 aliphatic heterocycles. The summed E-state index contributed by atoms with van der Waals surface area (Å²) >= 11 is 0. The van der Waals surface area contributed by atoms with Crippen molar-refractivity contribution in [2.75, 3.05) is 13.2 Å². The quantitative estimate of drug-likeness (QED) is 0.915. The summed E-state index contributed by atoms with van der Waals surface area (Å²) in [6.07, 6.45) is 6.06. The van der Waals surface area contributed by atoms with Crippen molar-refractivity contribution in [3.63, 3.8) is 0 Å². The number of likely N-dealkylation sites (N-methyl/N-ethyl adjacent to an activating group) is 1. The highest BCUT2D eigenvalue weighted by Crippen LogP contribution is 2.27. The molecule has 4 heteroatoms. The van der Waals surface area contributed by atoms with Crippen LogP contribution in [0.15, 0.2) is 54.4 Å². The Bertz CT molecular complexity index is 604. The number of nitrogens with one attached hydrogen (secondary N) is 1. The summed E-state index contributed by atoms with van der Waals surface area (Å²) in [7, 11) is 0. The Morgan fingerprint density at radius 3 is 2.86 bits per heavy atom. The summed E-state index contributed by atoms with van der Waals surface area (Å²) in [5.41, 5.74) is 3.40. The van der Waals surface area contributed by atoms with E-state index in [0.717, 1.165) is 37.4 Å². The molecule has 110 valence electrons. The van der Waals surface area contributed by atoms with E-state index in [1.54, 1.807) is 0 Å². The molecule has 0 saturated heterocycles. The van der Waals surface area contributed by atoms with Crippen LogP contribution in [-0.4, -0.2) is 22.9 Å². The molecule has 1 aromatic heterocycles. The van der Waals surface area contributed by atoms with Gasteiger partial charge in [0, 0.05) is 6.20 Å². The van der Waals surface area contributed by atoms with Gasteiger partial charge in [0.1, 0.15) is 0 Å². The summed E-state index contributed by atoms with van der Waals surface area (Å²) in [6.45, 7) is 3.84. The number of para-hydroxylation sites is 1. The molecular weight excluding hydrogens is 262 g/mol. The predicted molar refractivity (Wildman–Crippen MR) is 83.3 cm³/mol.